The van der Waals surface area contributed by atoms with Crippen molar-refractivity contribution in [3.05, 3.63) is 30.1 Å². The second-order valence-electron chi connectivity index (χ2n) is 5.22. The third-order valence-electron chi connectivity index (χ3n) is 3.24. The van der Waals surface area contributed by atoms with Crippen LogP contribution in [0.15, 0.2) is 29.2 Å². The minimum Gasteiger partial charge on any atom is -0.350 e. The van der Waals surface area contributed by atoms with Gasteiger partial charge in [-0.3, -0.25) is 4.79 Å². The lowest BCUT2D eigenvalue weighted by Crippen LogP contribution is -2.41. The van der Waals surface area contributed by atoms with E-state index in [1.165, 1.54) is 7.05 Å². The Morgan fingerprint density at radius 3 is 2.36 bits per heavy atom. The number of amides is 1. The van der Waals surface area contributed by atoms with E-state index in [2.05, 4.69) is 0 Å². The number of benzene rings is 1. The first kappa shape index (κ1) is 23.6. The first-order chi connectivity index (χ1) is 11.1. The lowest BCUT2D eigenvalue weighted by Gasteiger charge is -2.17. The molecule has 0 spiro atoms. The fourth-order valence-electron chi connectivity index (χ4n) is 1.76. The number of rotatable bonds is 9. The van der Waals surface area contributed by atoms with Gasteiger partial charge in [-0.05, 0) is 30.7 Å². The Balaban J connectivity index is 0.00000576. The summed E-state index contributed by atoms with van der Waals surface area (Å²) >= 11 is 0. The fourth-order valence-corrected chi connectivity index (χ4v) is 2.97. The van der Waals surface area contributed by atoms with Crippen LogP contribution in [0.25, 0.3) is 0 Å². The number of nitrogens with one attached hydrogen (secondary N) is 1. The standard InChI is InChI=1S/C14H20F3N3O3S.ClH/c1-20(24(22,23)12-6-4-11(15)5-7-12)8-2-3-13(21)19-10-14(16,17)9-18;/h4-7H,2-3,8-10,18H2,1H3,(H,19,21);1H. The van der Waals surface area contributed by atoms with E-state index in [1.54, 1.807) is 0 Å². The van der Waals surface area contributed by atoms with Crippen LogP contribution in [0.3, 0.4) is 0 Å². The Labute approximate surface area is 151 Å². The van der Waals surface area contributed by atoms with Crippen molar-refractivity contribution in [3.63, 3.8) is 0 Å². The Kier molecular flexibility index (Phi) is 9.41. The van der Waals surface area contributed by atoms with Crippen molar-refractivity contribution in [2.75, 3.05) is 26.7 Å². The predicted molar refractivity (Wildman–Crippen MR) is 89.7 cm³/mol. The minimum atomic E-state index is -3.79. The van der Waals surface area contributed by atoms with Crippen LogP contribution in [0.1, 0.15) is 12.8 Å². The Morgan fingerprint density at radius 1 is 1.28 bits per heavy atom. The highest BCUT2D eigenvalue weighted by atomic mass is 35.5. The highest BCUT2D eigenvalue weighted by molar-refractivity contribution is 7.89. The van der Waals surface area contributed by atoms with Gasteiger partial charge in [0.25, 0.3) is 5.92 Å². The van der Waals surface area contributed by atoms with Crippen LogP contribution in [-0.2, 0) is 14.8 Å². The maximum absolute atomic E-state index is 12.9. The average molecular weight is 404 g/mol. The topological polar surface area (TPSA) is 92.5 Å². The number of nitrogens with two attached hydrogens (primary N) is 1. The zero-order valence-corrected chi connectivity index (χ0v) is 15.2. The van der Waals surface area contributed by atoms with Crippen molar-refractivity contribution in [3.8, 4) is 0 Å². The highest BCUT2D eigenvalue weighted by Gasteiger charge is 2.27. The van der Waals surface area contributed by atoms with Crippen molar-refractivity contribution < 1.29 is 26.4 Å². The molecule has 1 aromatic carbocycles. The Hall–Kier alpha value is -1.36. The molecule has 1 aromatic rings. The normalized spacial score (nSPS) is 11.9. The summed E-state index contributed by atoms with van der Waals surface area (Å²) in [6, 6.07) is 4.35. The molecule has 3 N–H and O–H groups in total. The van der Waals surface area contributed by atoms with Gasteiger partial charge in [-0.25, -0.2) is 25.9 Å². The van der Waals surface area contributed by atoms with Crippen molar-refractivity contribution >= 4 is 28.3 Å². The van der Waals surface area contributed by atoms with Gasteiger partial charge in [0.05, 0.1) is 18.0 Å². The molecule has 0 aliphatic heterocycles. The van der Waals surface area contributed by atoms with E-state index in [4.69, 9.17) is 5.73 Å². The van der Waals surface area contributed by atoms with Gasteiger partial charge in [-0.1, -0.05) is 0 Å². The van der Waals surface area contributed by atoms with E-state index >= 15 is 0 Å². The summed E-state index contributed by atoms with van der Waals surface area (Å²) in [7, 11) is -2.48. The molecule has 0 radical (unpaired) electrons. The number of hydrogen-bond acceptors (Lipinski definition) is 4. The van der Waals surface area contributed by atoms with E-state index in [9.17, 15) is 26.4 Å². The molecule has 11 heteroatoms. The number of sulfonamides is 1. The van der Waals surface area contributed by atoms with Gasteiger partial charge < -0.3 is 11.1 Å². The summed E-state index contributed by atoms with van der Waals surface area (Å²) in [6.45, 7) is -1.71. The fraction of sp³-hybridized carbons (Fsp3) is 0.500. The summed E-state index contributed by atoms with van der Waals surface area (Å²) in [6.07, 6.45) is 0.0425. The molecular weight excluding hydrogens is 383 g/mol. The second kappa shape index (κ2) is 9.95. The van der Waals surface area contributed by atoms with E-state index in [-0.39, 0.29) is 36.7 Å². The van der Waals surface area contributed by atoms with Gasteiger partial charge in [0, 0.05) is 20.0 Å². The molecule has 25 heavy (non-hydrogen) atoms. The first-order valence-corrected chi connectivity index (χ1v) is 8.59. The monoisotopic (exact) mass is 403 g/mol. The molecule has 0 aromatic heterocycles. The predicted octanol–water partition coefficient (Wildman–Crippen LogP) is 1.36. The Bertz CT molecular complexity index is 657. The molecule has 0 unspecified atom stereocenters. The number of hydrogen-bond donors (Lipinski definition) is 2. The van der Waals surface area contributed by atoms with E-state index in [0.29, 0.717) is 0 Å². The SMILES string of the molecule is CN(CCCC(=O)NCC(F)(F)CN)S(=O)(=O)c1ccc(F)cc1.Cl. The summed E-state index contributed by atoms with van der Waals surface area (Å²) in [5.74, 6) is -4.34. The molecule has 144 valence electrons. The maximum atomic E-state index is 12.9. The Morgan fingerprint density at radius 2 is 1.84 bits per heavy atom. The van der Waals surface area contributed by atoms with Crippen molar-refractivity contribution in [2.45, 2.75) is 23.7 Å². The van der Waals surface area contributed by atoms with Crippen molar-refractivity contribution in [2.24, 2.45) is 5.73 Å². The number of carbonyl (C=O) groups excluding carboxylic acids is 1. The van der Waals surface area contributed by atoms with Crippen LogP contribution in [0.4, 0.5) is 13.2 Å². The third-order valence-corrected chi connectivity index (χ3v) is 5.11. The van der Waals surface area contributed by atoms with Crippen molar-refractivity contribution in [1.29, 1.82) is 0 Å². The van der Waals surface area contributed by atoms with Gasteiger partial charge in [0.15, 0.2) is 0 Å². The number of halogens is 4. The summed E-state index contributed by atoms with van der Waals surface area (Å²) < 4.78 is 64.0. The summed E-state index contributed by atoms with van der Waals surface area (Å²) in [5.41, 5.74) is 4.85. The average Bonchev–Trinajstić information content (AvgIpc) is 2.53. The highest BCUT2D eigenvalue weighted by Crippen LogP contribution is 2.15. The smallest absolute Gasteiger partial charge is 0.277 e. The zero-order chi connectivity index (χ0) is 18.4. The quantitative estimate of drug-likeness (QED) is 0.651. The second-order valence-corrected chi connectivity index (χ2v) is 7.27. The molecule has 0 heterocycles. The molecule has 0 fully saturated rings. The lowest BCUT2D eigenvalue weighted by atomic mass is 10.2. The van der Waals surface area contributed by atoms with Crippen LogP contribution in [-0.4, -0.2) is 51.2 Å². The molecule has 0 atom stereocenters. The van der Waals surface area contributed by atoms with Crippen LogP contribution >= 0.6 is 12.4 Å². The first-order valence-electron chi connectivity index (χ1n) is 7.15. The van der Waals surface area contributed by atoms with Gasteiger partial charge >= 0.3 is 0 Å². The number of alkyl halides is 2. The number of carbonyl (C=O) groups is 1. The van der Waals surface area contributed by atoms with Crippen LogP contribution in [0.2, 0.25) is 0 Å². The maximum Gasteiger partial charge on any atom is 0.277 e. The molecular formula is C14H21ClF3N3O3S. The van der Waals surface area contributed by atoms with E-state index in [1.807, 2.05) is 5.32 Å². The molecule has 0 saturated heterocycles. The van der Waals surface area contributed by atoms with E-state index in [0.717, 1.165) is 28.6 Å². The zero-order valence-electron chi connectivity index (χ0n) is 13.5. The lowest BCUT2D eigenvalue weighted by molar-refractivity contribution is -0.123. The molecule has 1 rings (SSSR count). The van der Waals surface area contributed by atoms with Crippen LogP contribution in [0, 0.1) is 5.82 Å². The van der Waals surface area contributed by atoms with Gasteiger partial charge in [-0.2, -0.15) is 0 Å². The van der Waals surface area contributed by atoms with Crippen LogP contribution in [0.5, 0.6) is 0 Å². The largest absolute Gasteiger partial charge is 0.350 e. The van der Waals surface area contributed by atoms with Gasteiger partial charge in [-0.15, -0.1) is 12.4 Å². The molecule has 6 nitrogen and oxygen atoms in total. The van der Waals surface area contributed by atoms with Crippen LogP contribution < -0.4 is 11.1 Å². The minimum absolute atomic E-state index is 0. The molecule has 0 saturated carbocycles. The molecule has 0 bridgehead atoms. The third kappa shape index (κ3) is 7.59. The van der Waals surface area contributed by atoms with E-state index < -0.39 is 40.8 Å². The molecule has 1 amide bonds. The summed E-state index contributed by atoms with van der Waals surface area (Å²) in [4.78, 5) is 11.4. The molecule has 0 aliphatic rings. The molecule has 0 aliphatic carbocycles. The van der Waals surface area contributed by atoms with Gasteiger partial charge in [0.1, 0.15) is 5.82 Å². The number of nitrogens with zero attached hydrogens (tertiary/aromatic N) is 1. The van der Waals surface area contributed by atoms with Gasteiger partial charge in [0.2, 0.25) is 15.9 Å². The summed E-state index contributed by atoms with van der Waals surface area (Å²) in [5, 5.41) is 2.05. The van der Waals surface area contributed by atoms with Crippen molar-refractivity contribution in [1.82, 2.24) is 9.62 Å².